The summed E-state index contributed by atoms with van der Waals surface area (Å²) in [6.07, 6.45) is 0. The fourth-order valence-electron chi connectivity index (χ4n) is 7.87. The monoisotopic (exact) mass is 556 g/mol. The van der Waals surface area contributed by atoms with E-state index in [0.717, 1.165) is 32.7 Å². The number of carbonyl (C=O) groups excluding carboxylic acids is 1. The largest absolute Gasteiger partial charge is 0.289 e. The third-order valence-corrected chi connectivity index (χ3v) is 9.71. The number of rotatable bonds is 2. The fourth-order valence-corrected chi connectivity index (χ4v) is 7.87. The Bertz CT molecular complexity index is 2670. The summed E-state index contributed by atoms with van der Waals surface area (Å²) in [6, 6.07) is 52.1. The molecule has 202 valence electrons. The maximum Gasteiger partial charge on any atom is 0.194 e. The first-order valence-corrected chi connectivity index (χ1v) is 15.2. The maximum atomic E-state index is 13.9. The highest BCUT2D eigenvalue weighted by Gasteiger charge is 2.26. The van der Waals surface area contributed by atoms with Crippen LogP contribution >= 0.6 is 0 Å². The van der Waals surface area contributed by atoms with Gasteiger partial charge in [0, 0.05) is 21.9 Å². The van der Waals surface area contributed by atoms with Crippen LogP contribution in [0.4, 0.5) is 0 Å². The van der Waals surface area contributed by atoms with Crippen LogP contribution in [0.15, 0.2) is 146 Å². The first-order chi connectivity index (χ1) is 21.8. The Morgan fingerprint density at radius 2 is 0.864 bits per heavy atom. The average Bonchev–Trinajstić information content (AvgIpc) is 3.08. The molecule has 1 heteroatoms. The van der Waals surface area contributed by atoms with E-state index in [2.05, 4.69) is 121 Å². The van der Waals surface area contributed by atoms with Gasteiger partial charge in [0.1, 0.15) is 0 Å². The molecule has 0 heterocycles. The van der Waals surface area contributed by atoms with Crippen LogP contribution in [0.5, 0.6) is 0 Å². The normalized spacial score (nSPS) is 12.6. The summed E-state index contributed by atoms with van der Waals surface area (Å²) in [6.45, 7) is 0. The lowest BCUT2D eigenvalue weighted by molar-refractivity contribution is 0.104. The van der Waals surface area contributed by atoms with E-state index >= 15 is 0 Å². The van der Waals surface area contributed by atoms with Gasteiger partial charge in [-0.25, -0.2) is 0 Å². The first-order valence-electron chi connectivity index (χ1n) is 15.2. The number of fused-ring (bicyclic) bond motifs is 3. The number of ketones is 1. The van der Waals surface area contributed by atoms with E-state index in [-0.39, 0.29) is 5.78 Å². The van der Waals surface area contributed by atoms with Crippen molar-refractivity contribution in [3.05, 3.63) is 157 Å². The van der Waals surface area contributed by atoms with Crippen molar-refractivity contribution in [2.24, 2.45) is 0 Å². The summed E-state index contributed by atoms with van der Waals surface area (Å²) >= 11 is 0. The second kappa shape index (κ2) is 8.63. The zero-order valence-electron chi connectivity index (χ0n) is 23.8. The Balaban J connectivity index is 1.39. The molecular weight excluding hydrogens is 532 g/mol. The quantitative estimate of drug-likeness (QED) is 0.153. The highest BCUT2D eigenvalue weighted by molar-refractivity contribution is 6.38. The molecule has 0 atom stereocenters. The second-order valence-electron chi connectivity index (χ2n) is 12.0. The maximum absolute atomic E-state index is 13.9. The van der Waals surface area contributed by atoms with E-state index < -0.39 is 0 Å². The van der Waals surface area contributed by atoms with E-state index in [1.54, 1.807) is 0 Å². The Morgan fingerprint density at radius 1 is 0.318 bits per heavy atom. The van der Waals surface area contributed by atoms with E-state index in [0.29, 0.717) is 0 Å². The molecule has 0 fully saturated rings. The van der Waals surface area contributed by atoms with Crippen LogP contribution in [-0.4, -0.2) is 5.78 Å². The summed E-state index contributed by atoms with van der Waals surface area (Å²) in [4.78, 5) is 13.9. The molecule has 0 aromatic heterocycles. The molecule has 1 aliphatic rings. The number of benzene rings is 9. The lowest BCUT2D eigenvalue weighted by Crippen LogP contribution is -2.08. The van der Waals surface area contributed by atoms with E-state index in [1.807, 2.05) is 24.3 Å². The molecule has 10 rings (SSSR count). The van der Waals surface area contributed by atoms with Crippen molar-refractivity contribution in [2.45, 2.75) is 0 Å². The smallest absolute Gasteiger partial charge is 0.194 e. The molecule has 0 radical (unpaired) electrons. The summed E-state index contributed by atoms with van der Waals surface area (Å²) in [5, 5.41) is 14.1. The molecule has 0 amide bonds. The van der Waals surface area contributed by atoms with Crippen molar-refractivity contribution < 1.29 is 4.79 Å². The van der Waals surface area contributed by atoms with Gasteiger partial charge in [0.2, 0.25) is 0 Å². The Labute approximate surface area is 253 Å². The number of carbonyl (C=O) groups is 1. The highest BCUT2D eigenvalue weighted by atomic mass is 16.1. The zero-order chi connectivity index (χ0) is 28.9. The molecule has 0 aliphatic heterocycles. The minimum absolute atomic E-state index is 0.111. The average molecular weight is 557 g/mol. The van der Waals surface area contributed by atoms with Gasteiger partial charge >= 0.3 is 0 Å². The standard InChI is InChI=1S/C43H24O/c44-43-35-17-7-11-26-20-22-29-24-37(34-16-8-18-36(43)42(34)40(29)39(26)35)41-32-14-5-3-12-30(32)38(31-13-4-6-15-33(31)41)28-21-19-25-9-1-2-10-27(25)23-28/h1-24H. The molecule has 9 aromatic carbocycles. The molecule has 0 saturated carbocycles. The summed E-state index contributed by atoms with van der Waals surface area (Å²) in [7, 11) is 0. The van der Waals surface area contributed by atoms with Crippen LogP contribution in [0, 0.1) is 0 Å². The summed E-state index contributed by atoms with van der Waals surface area (Å²) in [5.74, 6) is 0.111. The van der Waals surface area contributed by atoms with Crippen LogP contribution in [0.1, 0.15) is 15.9 Å². The molecule has 1 nitrogen and oxygen atoms in total. The molecule has 0 bridgehead atoms. The minimum atomic E-state index is 0.111. The van der Waals surface area contributed by atoms with Crippen molar-refractivity contribution in [1.82, 2.24) is 0 Å². The van der Waals surface area contributed by atoms with Crippen LogP contribution in [0.3, 0.4) is 0 Å². The van der Waals surface area contributed by atoms with Crippen LogP contribution in [0.2, 0.25) is 0 Å². The Kier molecular flexibility index (Phi) is 4.65. The molecule has 1 aliphatic carbocycles. The molecule has 0 N–H and O–H groups in total. The molecule has 9 aromatic rings. The highest BCUT2D eigenvalue weighted by Crippen LogP contribution is 2.49. The van der Waals surface area contributed by atoms with Gasteiger partial charge in [-0.2, -0.15) is 0 Å². The summed E-state index contributed by atoms with van der Waals surface area (Å²) < 4.78 is 0. The van der Waals surface area contributed by atoms with Crippen molar-refractivity contribution in [3.63, 3.8) is 0 Å². The van der Waals surface area contributed by atoms with Gasteiger partial charge in [-0.1, -0.05) is 133 Å². The van der Waals surface area contributed by atoms with Crippen molar-refractivity contribution in [3.8, 4) is 22.3 Å². The van der Waals surface area contributed by atoms with Gasteiger partial charge < -0.3 is 0 Å². The third-order valence-electron chi connectivity index (χ3n) is 9.71. The van der Waals surface area contributed by atoms with Crippen LogP contribution < -0.4 is 0 Å². The summed E-state index contributed by atoms with van der Waals surface area (Å²) in [5.41, 5.74) is 6.44. The minimum Gasteiger partial charge on any atom is -0.289 e. The SMILES string of the molecule is O=C1c2cccc3ccc4cc(-c5c6ccccc6c(-c6ccc7ccccc7c6)c6ccccc56)c5cccc1c5c4c23. The van der Waals surface area contributed by atoms with Gasteiger partial charge in [-0.15, -0.1) is 0 Å². The topological polar surface area (TPSA) is 17.1 Å². The first kappa shape index (κ1) is 23.7. The molecular formula is C43H24O. The third kappa shape index (κ3) is 3.06. The predicted octanol–water partition coefficient (Wildman–Crippen LogP) is 11.5. The zero-order valence-corrected chi connectivity index (χ0v) is 23.8. The number of hydrogen-bond donors (Lipinski definition) is 0. The predicted molar refractivity (Wildman–Crippen MR) is 186 cm³/mol. The van der Waals surface area contributed by atoms with E-state index in [9.17, 15) is 4.79 Å². The van der Waals surface area contributed by atoms with Crippen molar-refractivity contribution in [1.29, 1.82) is 0 Å². The Hall–Kier alpha value is -5.79. The van der Waals surface area contributed by atoms with Crippen molar-refractivity contribution in [2.75, 3.05) is 0 Å². The lowest BCUT2D eigenvalue weighted by Gasteiger charge is -2.23. The fraction of sp³-hybridized carbons (Fsp3) is 0. The molecule has 0 unspecified atom stereocenters. The van der Waals surface area contributed by atoms with Gasteiger partial charge in [0.05, 0.1) is 0 Å². The van der Waals surface area contributed by atoms with E-state index in [1.165, 1.54) is 65.3 Å². The Morgan fingerprint density at radius 3 is 1.61 bits per heavy atom. The molecule has 0 spiro atoms. The van der Waals surface area contributed by atoms with Crippen LogP contribution in [-0.2, 0) is 0 Å². The lowest BCUT2D eigenvalue weighted by atomic mass is 9.79. The molecule has 44 heavy (non-hydrogen) atoms. The van der Waals surface area contributed by atoms with Crippen LogP contribution in [0.25, 0.3) is 86.9 Å². The van der Waals surface area contributed by atoms with Crippen molar-refractivity contribution >= 4 is 70.4 Å². The second-order valence-corrected chi connectivity index (χ2v) is 12.0. The van der Waals surface area contributed by atoms with Gasteiger partial charge in [0.15, 0.2) is 5.78 Å². The van der Waals surface area contributed by atoms with Gasteiger partial charge in [0.25, 0.3) is 0 Å². The number of hydrogen-bond acceptors (Lipinski definition) is 1. The molecule has 0 saturated heterocycles. The van der Waals surface area contributed by atoms with Gasteiger partial charge in [-0.3, -0.25) is 4.79 Å². The van der Waals surface area contributed by atoms with E-state index in [4.69, 9.17) is 0 Å². The van der Waals surface area contributed by atoms with Gasteiger partial charge in [-0.05, 0) is 88.2 Å².